The highest BCUT2D eigenvalue weighted by atomic mass is 32.2. The van der Waals surface area contributed by atoms with E-state index in [2.05, 4.69) is 4.98 Å². The first-order valence-electron chi connectivity index (χ1n) is 8.37. The maximum absolute atomic E-state index is 12.8. The van der Waals surface area contributed by atoms with Crippen LogP contribution in [0.4, 0.5) is 0 Å². The lowest BCUT2D eigenvalue weighted by molar-refractivity contribution is -0.135. The number of pyridine rings is 1. The van der Waals surface area contributed by atoms with E-state index in [1.54, 1.807) is 33.2 Å². The van der Waals surface area contributed by atoms with Gasteiger partial charge in [-0.2, -0.15) is 0 Å². The first kappa shape index (κ1) is 18.6. The zero-order valence-electron chi connectivity index (χ0n) is 15.4. The average Bonchev–Trinajstić information content (AvgIpc) is 2.82. The summed E-state index contributed by atoms with van der Waals surface area (Å²) < 4.78 is 29.3. The lowest BCUT2D eigenvalue weighted by Gasteiger charge is -2.49. The molecule has 2 aliphatic rings. The van der Waals surface area contributed by atoms with Crippen LogP contribution in [0.15, 0.2) is 12.1 Å². The van der Waals surface area contributed by atoms with Crippen LogP contribution in [0.25, 0.3) is 0 Å². The van der Waals surface area contributed by atoms with E-state index in [-0.39, 0.29) is 36.5 Å². The summed E-state index contributed by atoms with van der Waals surface area (Å²) in [4.78, 5) is 32.3. The zero-order valence-corrected chi connectivity index (χ0v) is 16.2. The Bertz CT molecular complexity index is 859. The second-order valence-electron chi connectivity index (χ2n) is 7.13. The second-order valence-corrected chi connectivity index (χ2v) is 9.58. The van der Waals surface area contributed by atoms with Gasteiger partial charge in [-0.3, -0.25) is 9.59 Å². The zero-order chi connectivity index (χ0) is 19.3. The molecule has 2 amide bonds. The lowest BCUT2D eigenvalue weighted by atomic mass is 9.82. The molecule has 2 saturated heterocycles. The summed E-state index contributed by atoms with van der Waals surface area (Å²) in [6.45, 7) is 1.84. The summed E-state index contributed by atoms with van der Waals surface area (Å²) >= 11 is 0. The molecule has 2 fully saturated rings. The lowest BCUT2D eigenvalue weighted by Crippen LogP contribution is -2.69. The van der Waals surface area contributed by atoms with E-state index < -0.39 is 20.5 Å². The number of amides is 2. The van der Waals surface area contributed by atoms with Crippen LogP contribution >= 0.6 is 0 Å². The van der Waals surface area contributed by atoms with Gasteiger partial charge in [0.05, 0.1) is 18.8 Å². The Hall–Kier alpha value is -2.16. The molecule has 1 spiro atoms. The van der Waals surface area contributed by atoms with Crippen molar-refractivity contribution in [2.75, 3.05) is 40.0 Å². The maximum atomic E-state index is 12.8. The standard InChI is InChI=1S/C17H23N3O5S/c1-11-5-6-12(14(18-11)25-4)15(21)20-9-17(10-20)13(16(22)19(2)3)7-8-26(17,23)24/h5-6,13H,7-10H2,1-4H3. The van der Waals surface area contributed by atoms with Gasteiger partial charge in [-0.15, -0.1) is 0 Å². The van der Waals surface area contributed by atoms with Crippen molar-refractivity contribution in [2.24, 2.45) is 5.92 Å². The molecule has 0 N–H and O–H groups in total. The van der Waals surface area contributed by atoms with Crippen LogP contribution in [0.2, 0.25) is 0 Å². The van der Waals surface area contributed by atoms with Crippen LogP contribution in [-0.4, -0.2) is 79.8 Å². The van der Waals surface area contributed by atoms with E-state index in [0.717, 1.165) is 0 Å². The first-order chi connectivity index (χ1) is 12.1. The number of nitrogens with zero attached hydrogens (tertiary/aromatic N) is 3. The molecule has 26 heavy (non-hydrogen) atoms. The van der Waals surface area contributed by atoms with Gasteiger partial charge in [-0.1, -0.05) is 0 Å². The summed E-state index contributed by atoms with van der Waals surface area (Å²) in [6.07, 6.45) is 0.302. The van der Waals surface area contributed by atoms with Gasteiger partial charge in [0.2, 0.25) is 11.8 Å². The fourth-order valence-corrected chi connectivity index (χ4v) is 6.11. The van der Waals surface area contributed by atoms with Gasteiger partial charge in [0.25, 0.3) is 5.91 Å². The molecule has 1 aromatic heterocycles. The number of aromatic nitrogens is 1. The molecule has 0 saturated carbocycles. The number of aryl methyl sites for hydroxylation is 1. The van der Waals surface area contributed by atoms with Crippen LogP contribution in [0.1, 0.15) is 22.5 Å². The van der Waals surface area contributed by atoms with Gasteiger partial charge < -0.3 is 14.5 Å². The predicted octanol–water partition coefficient (Wildman–Crippen LogP) is 0.116. The van der Waals surface area contributed by atoms with Crippen LogP contribution < -0.4 is 4.74 Å². The second kappa shape index (κ2) is 6.22. The number of carbonyl (C=O) groups is 2. The largest absolute Gasteiger partial charge is 0.480 e. The van der Waals surface area contributed by atoms with E-state index >= 15 is 0 Å². The summed E-state index contributed by atoms with van der Waals surface area (Å²) in [6, 6.07) is 3.33. The Morgan fingerprint density at radius 1 is 1.31 bits per heavy atom. The summed E-state index contributed by atoms with van der Waals surface area (Å²) in [5.41, 5.74) is 1.01. The third-order valence-electron chi connectivity index (χ3n) is 5.30. The maximum Gasteiger partial charge on any atom is 0.259 e. The first-order valence-corrected chi connectivity index (χ1v) is 10.0. The molecule has 8 nitrogen and oxygen atoms in total. The highest BCUT2D eigenvalue weighted by molar-refractivity contribution is 7.93. The fourth-order valence-electron chi connectivity index (χ4n) is 3.80. The summed E-state index contributed by atoms with van der Waals surface area (Å²) in [5.74, 6) is -0.948. The molecule has 0 aliphatic carbocycles. The Labute approximate surface area is 153 Å². The highest BCUT2D eigenvalue weighted by Gasteiger charge is 2.65. The van der Waals surface area contributed by atoms with Crippen LogP contribution in [-0.2, 0) is 14.6 Å². The van der Waals surface area contributed by atoms with Crippen LogP contribution in [0, 0.1) is 12.8 Å². The molecule has 0 aromatic carbocycles. The van der Waals surface area contributed by atoms with E-state index in [9.17, 15) is 18.0 Å². The van der Waals surface area contributed by atoms with Crippen molar-refractivity contribution >= 4 is 21.7 Å². The molecular formula is C17H23N3O5S. The smallest absolute Gasteiger partial charge is 0.259 e. The Morgan fingerprint density at radius 3 is 2.54 bits per heavy atom. The number of hydrogen-bond acceptors (Lipinski definition) is 6. The van der Waals surface area contributed by atoms with Crippen LogP contribution in [0.5, 0.6) is 5.88 Å². The van der Waals surface area contributed by atoms with Crippen LogP contribution in [0.3, 0.4) is 0 Å². The van der Waals surface area contributed by atoms with Crippen molar-refractivity contribution in [3.05, 3.63) is 23.4 Å². The van der Waals surface area contributed by atoms with Crippen molar-refractivity contribution in [3.8, 4) is 5.88 Å². The van der Waals surface area contributed by atoms with Crippen molar-refractivity contribution in [3.63, 3.8) is 0 Å². The van der Waals surface area contributed by atoms with Gasteiger partial charge in [0, 0.05) is 32.9 Å². The molecule has 0 radical (unpaired) electrons. The Morgan fingerprint density at radius 2 is 1.96 bits per heavy atom. The normalized spacial score (nSPS) is 22.8. The minimum absolute atomic E-state index is 0.0192. The SMILES string of the molecule is COc1nc(C)ccc1C(=O)N1CC2(C1)C(C(=O)N(C)C)CCS2(=O)=O. The summed E-state index contributed by atoms with van der Waals surface area (Å²) in [7, 11) is 1.23. The molecule has 2 aliphatic heterocycles. The monoisotopic (exact) mass is 381 g/mol. The number of sulfone groups is 1. The number of ether oxygens (including phenoxy) is 1. The molecule has 142 valence electrons. The number of likely N-dealkylation sites (tertiary alicyclic amines) is 1. The van der Waals surface area contributed by atoms with Crippen molar-refractivity contribution < 1.29 is 22.7 Å². The number of methoxy groups -OCH3 is 1. The van der Waals surface area contributed by atoms with Gasteiger partial charge in [-0.25, -0.2) is 13.4 Å². The predicted molar refractivity (Wildman–Crippen MR) is 94.7 cm³/mol. The molecule has 1 unspecified atom stereocenters. The van der Waals surface area contributed by atoms with Crippen molar-refractivity contribution in [1.82, 2.24) is 14.8 Å². The van der Waals surface area contributed by atoms with E-state index in [4.69, 9.17) is 4.74 Å². The number of rotatable bonds is 3. The summed E-state index contributed by atoms with van der Waals surface area (Å²) in [5, 5.41) is 0. The molecular weight excluding hydrogens is 358 g/mol. The van der Waals surface area contributed by atoms with Crippen molar-refractivity contribution in [1.29, 1.82) is 0 Å². The molecule has 9 heteroatoms. The van der Waals surface area contributed by atoms with E-state index in [1.165, 1.54) is 16.9 Å². The minimum Gasteiger partial charge on any atom is -0.480 e. The van der Waals surface area contributed by atoms with Gasteiger partial charge >= 0.3 is 0 Å². The van der Waals surface area contributed by atoms with E-state index in [0.29, 0.717) is 17.7 Å². The van der Waals surface area contributed by atoms with E-state index in [1.807, 2.05) is 0 Å². The topological polar surface area (TPSA) is 96.9 Å². The minimum atomic E-state index is -3.44. The van der Waals surface area contributed by atoms with Gasteiger partial charge in [-0.05, 0) is 25.5 Å². The van der Waals surface area contributed by atoms with Gasteiger partial charge in [0.15, 0.2) is 9.84 Å². The highest BCUT2D eigenvalue weighted by Crippen LogP contribution is 2.46. The molecule has 3 rings (SSSR count). The third kappa shape index (κ3) is 2.65. The van der Waals surface area contributed by atoms with Gasteiger partial charge in [0.1, 0.15) is 10.3 Å². The quantitative estimate of drug-likeness (QED) is 0.738. The Kier molecular flexibility index (Phi) is 4.46. The molecule has 3 heterocycles. The Balaban J connectivity index is 1.86. The third-order valence-corrected chi connectivity index (χ3v) is 7.85. The molecule has 1 atom stereocenters. The number of hydrogen-bond donors (Lipinski definition) is 0. The average molecular weight is 381 g/mol. The molecule has 0 bridgehead atoms. The fraction of sp³-hybridized carbons (Fsp3) is 0.588. The number of carbonyl (C=O) groups excluding carboxylic acids is 2. The van der Waals surface area contributed by atoms with Crippen molar-refractivity contribution in [2.45, 2.75) is 18.1 Å². The molecule has 1 aromatic rings.